The predicted octanol–water partition coefficient (Wildman–Crippen LogP) is 3.61. The molecule has 0 saturated heterocycles. The molecule has 2 rings (SSSR count). The maximum Gasteiger partial charge on any atom is 0.344 e. The fraction of sp³-hybridized carbons (Fsp3) is 0.263. The topological polar surface area (TPSA) is 73.9 Å². The Morgan fingerprint density at radius 3 is 2.58 bits per heavy atom. The lowest BCUT2D eigenvalue weighted by atomic mass is 10.2. The van der Waals surface area contributed by atoms with Crippen LogP contribution >= 0.6 is 11.6 Å². The van der Waals surface area contributed by atoms with Gasteiger partial charge >= 0.3 is 5.97 Å². The molecule has 0 heterocycles. The summed E-state index contributed by atoms with van der Waals surface area (Å²) in [4.78, 5) is 24.1. The second-order valence-electron chi connectivity index (χ2n) is 5.52. The molecule has 6 nitrogen and oxygen atoms in total. The minimum absolute atomic E-state index is 0.289. The number of rotatable bonds is 7. The number of halogens is 1. The summed E-state index contributed by atoms with van der Waals surface area (Å²) < 4.78 is 15.7. The van der Waals surface area contributed by atoms with Crippen molar-refractivity contribution in [3.05, 3.63) is 53.1 Å². The van der Waals surface area contributed by atoms with Crippen molar-refractivity contribution in [3.63, 3.8) is 0 Å². The van der Waals surface area contributed by atoms with E-state index in [-0.39, 0.29) is 6.61 Å². The summed E-state index contributed by atoms with van der Waals surface area (Å²) in [6, 6.07) is 12.1. The van der Waals surface area contributed by atoms with Crippen LogP contribution in [-0.2, 0) is 14.3 Å². The summed E-state index contributed by atoms with van der Waals surface area (Å²) in [7, 11) is 1.48. The zero-order valence-electron chi connectivity index (χ0n) is 14.7. The van der Waals surface area contributed by atoms with Gasteiger partial charge in [-0.05, 0) is 43.7 Å². The van der Waals surface area contributed by atoms with Gasteiger partial charge in [-0.1, -0.05) is 29.8 Å². The number of carbonyl (C=O) groups excluding carboxylic acids is 2. The lowest BCUT2D eigenvalue weighted by Crippen LogP contribution is -2.31. The van der Waals surface area contributed by atoms with Crippen molar-refractivity contribution in [2.75, 3.05) is 19.0 Å². The second kappa shape index (κ2) is 9.10. The highest BCUT2D eigenvalue weighted by Crippen LogP contribution is 2.27. The first kappa shape index (κ1) is 19.6. The Morgan fingerprint density at radius 2 is 1.88 bits per heavy atom. The van der Waals surface area contributed by atoms with E-state index in [2.05, 4.69) is 5.32 Å². The van der Waals surface area contributed by atoms with Crippen LogP contribution in [-0.4, -0.2) is 31.7 Å². The zero-order valence-corrected chi connectivity index (χ0v) is 15.5. The van der Waals surface area contributed by atoms with Gasteiger partial charge in [-0.25, -0.2) is 4.79 Å². The summed E-state index contributed by atoms with van der Waals surface area (Å²) in [5.41, 5.74) is 1.29. The number of anilines is 1. The van der Waals surface area contributed by atoms with Crippen molar-refractivity contribution in [2.45, 2.75) is 20.0 Å². The van der Waals surface area contributed by atoms with Gasteiger partial charge in [-0.15, -0.1) is 0 Å². The van der Waals surface area contributed by atoms with E-state index in [4.69, 9.17) is 25.8 Å². The van der Waals surface area contributed by atoms with Gasteiger partial charge in [0.15, 0.2) is 12.7 Å². The molecule has 2 aromatic rings. The third kappa shape index (κ3) is 5.39. The van der Waals surface area contributed by atoms with Crippen molar-refractivity contribution in [3.8, 4) is 11.5 Å². The first-order valence-corrected chi connectivity index (χ1v) is 8.31. The smallest absolute Gasteiger partial charge is 0.344 e. The molecule has 7 heteroatoms. The average Bonchev–Trinajstić information content (AvgIpc) is 2.61. The number of hydrogen-bond donors (Lipinski definition) is 1. The van der Waals surface area contributed by atoms with Crippen LogP contribution in [0.25, 0.3) is 0 Å². The SMILES string of the molecule is COc1ccc(Cl)cc1NC(=O)[C@H](C)OC(=O)COc1ccccc1C. The third-order valence-electron chi connectivity index (χ3n) is 3.54. The van der Waals surface area contributed by atoms with E-state index in [1.807, 2.05) is 25.1 Å². The normalized spacial score (nSPS) is 11.4. The number of hydrogen-bond acceptors (Lipinski definition) is 5. The molecule has 138 valence electrons. The highest BCUT2D eigenvalue weighted by molar-refractivity contribution is 6.31. The molecular weight excluding hydrogens is 358 g/mol. The first-order chi connectivity index (χ1) is 12.4. The highest BCUT2D eigenvalue weighted by Gasteiger charge is 2.20. The summed E-state index contributed by atoms with van der Waals surface area (Å²) in [5, 5.41) is 3.07. The van der Waals surface area contributed by atoms with Crippen LogP contribution in [0.5, 0.6) is 11.5 Å². The molecule has 1 N–H and O–H groups in total. The fourth-order valence-corrected chi connectivity index (χ4v) is 2.32. The van der Waals surface area contributed by atoms with Gasteiger partial charge in [0.25, 0.3) is 5.91 Å². The van der Waals surface area contributed by atoms with E-state index < -0.39 is 18.0 Å². The van der Waals surface area contributed by atoms with Gasteiger partial charge in [0.05, 0.1) is 12.8 Å². The molecule has 0 unspecified atom stereocenters. The van der Waals surface area contributed by atoms with Crippen molar-refractivity contribution in [1.82, 2.24) is 0 Å². The molecule has 26 heavy (non-hydrogen) atoms. The molecule has 0 aliphatic rings. The second-order valence-corrected chi connectivity index (χ2v) is 5.96. The molecule has 2 aromatic carbocycles. The number of aryl methyl sites for hydroxylation is 1. The summed E-state index contributed by atoms with van der Waals surface area (Å²) in [6.45, 7) is 3.05. The van der Waals surface area contributed by atoms with Crippen LogP contribution in [0.4, 0.5) is 5.69 Å². The standard InChI is InChI=1S/C19H20ClNO5/c1-12-6-4-5-7-16(12)25-11-18(22)26-13(2)19(23)21-15-10-14(20)8-9-17(15)24-3/h4-10,13H,11H2,1-3H3,(H,21,23)/t13-/m0/s1. The zero-order chi connectivity index (χ0) is 19.1. The Kier molecular flexibility index (Phi) is 6.86. The van der Waals surface area contributed by atoms with Crippen LogP contribution < -0.4 is 14.8 Å². The quantitative estimate of drug-likeness (QED) is 0.746. The summed E-state index contributed by atoms with van der Waals surface area (Å²) in [5.74, 6) is -0.113. The Hall–Kier alpha value is -2.73. The summed E-state index contributed by atoms with van der Waals surface area (Å²) >= 11 is 5.92. The molecule has 0 radical (unpaired) electrons. The Labute approximate surface area is 157 Å². The predicted molar refractivity (Wildman–Crippen MR) is 98.9 cm³/mol. The van der Waals surface area contributed by atoms with Crippen LogP contribution in [0, 0.1) is 6.92 Å². The first-order valence-electron chi connectivity index (χ1n) is 7.93. The maximum absolute atomic E-state index is 12.2. The van der Waals surface area contributed by atoms with E-state index in [0.29, 0.717) is 22.2 Å². The number of nitrogens with one attached hydrogen (secondary N) is 1. The van der Waals surface area contributed by atoms with E-state index in [0.717, 1.165) is 5.56 Å². The van der Waals surface area contributed by atoms with Crippen LogP contribution in [0.3, 0.4) is 0 Å². The van der Waals surface area contributed by atoms with E-state index in [9.17, 15) is 9.59 Å². The molecule has 0 spiro atoms. The van der Waals surface area contributed by atoms with Crippen molar-refractivity contribution < 1.29 is 23.8 Å². The molecule has 0 saturated carbocycles. The minimum Gasteiger partial charge on any atom is -0.495 e. The molecule has 0 aliphatic carbocycles. The summed E-state index contributed by atoms with van der Waals surface area (Å²) in [6.07, 6.45) is -1.01. The number of methoxy groups -OCH3 is 1. The van der Waals surface area contributed by atoms with Crippen LogP contribution in [0.1, 0.15) is 12.5 Å². The number of carbonyl (C=O) groups is 2. The van der Waals surface area contributed by atoms with Gasteiger partial charge < -0.3 is 19.5 Å². The van der Waals surface area contributed by atoms with Gasteiger partial charge in [0.2, 0.25) is 0 Å². The van der Waals surface area contributed by atoms with E-state index in [1.165, 1.54) is 14.0 Å². The maximum atomic E-state index is 12.2. The van der Waals surface area contributed by atoms with Crippen LogP contribution in [0.15, 0.2) is 42.5 Å². The van der Waals surface area contributed by atoms with E-state index >= 15 is 0 Å². The molecule has 1 amide bonds. The number of ether oxygens (including phenoxy) is 3. The molecule has 1 atom stereocenters. The lowest BCUT2D eigenvalue weighted by Gasteiger charge is -2.16. The number of esters is 1. The number of benzene rings is 2. The molecular formula is C19H20ClNO5. The Balaban J connectivity index is 1.89. The van der Waals surface area contributed by atoms with Crippen molar-refractivity contribution in [2.24, 2.45) is 0 Å². The van der Waals surface area contributed by atoms with Crippen LogP contribution in [0.2, 0.25) is 5.02 Å². The number of para-hydroxylation sites is 1. The van der Waals surface area contributed by atoms with Gasteiger partial charge in [0, 0.05) is 5.02 Å². The minimum atomic E-state index is -1.01. The molecule has 0 bridgehead atoms. The van der Waals surface area contributed by atoms with Gasteiger partial charge in [0.1, 0.15) is 11.5 Å². The van der Waals surface area contributed by atoms with Crippen molar-refractivity contribution >= 4 is 29.2 Å². The molecule has 0 aliphatic heterocycles. The fourth-order valence-electron chi connectivity index (χ4n) is 2.15. The molecule has 0 aromatic heterocycles. The van der Waals surface area contributed by atoms with Gasteiger partial charge in [-0.3, -0.25) is 4.79 Å². The van der Waals surface area contributed by atoms with Gasteiger partial charge in [-0.2, -0.15) is 0 Å². The Morgan fingerprint density at radius 1 is 1.15 bits per heavy atom. The average molecular weight is 378 g/mol. The largest absolute Gasteiger partial charge is 0.495 e. The monoisotopic (exact) mass is 377 g/mol. The highest BCUT2D eigenvalue weighted by atomic mass is 35.5. The Bertz CT molecular complexity index is 793. The van der Waals surface area contributed by atoms with E-state index in [1.54, 1.807) is 24.3 Å². The number of amides is 1. The third-order valence-corrected chi connectivity index (χ3v) is 3.77. The lowest BCUT2D eigenvalue weighted by molar-refractivity contribution is -0.155. The van der Waals surface area contributed by atoms with Crippen molar-refractivity contribution in [1.29, 1.82) is 0 Å². The molecule has 0 fully saturated rings.